The lowest BCUT2D eigenvalue weighted by molar-refractivity contribution is -0.870. The molecule has 0 aromatic heterocycles. The van der Waals surface area contributed by atoms with E-state index in [1.807, 2.05) is 21.1 Å². The van der Waals surface area contributed by atoms with E-state index in [1.165, 1.54) is 167 Å². The first-order valence-electron chi connectivity index (χ1n) is 35.1. The molecule has 9 heteroatoms. The Morgan fingerprint density at radius 2 is 0.671 bits per heavy atom. The number of hydrogen-bond donors (Lipinski definition) is 1. The van der Waals surface area contributed by atoms with Crippen LogP contribution in [0.15, 0.2) is 109 Å². The number of carboxylic acids is 1. The Morgan fingerprint density at radius 1 is 0.365 bits per heavy atom. The highest BCUT2D eigenvalue weighted by Gasteiger charge is 2.25. The van der Waals surface area contributed by atoms with E-state index in [2.05, 4.69) is 123 Å². The molecule has 1 N–H and O–H groups in total. The Labute approximate surface area is 524 Å². The van der Waals surface area contributed by atoms with Gasteiger partial charge in [0.05, 0.1) is 34.4 Å². The summed E-state index contributed by atoms with van der Waals surface area (Å²) < 4.78 is 23.0. The fraction of sp³-hybridized carbons (Fsp3) is 0.724. The monoisotopic (exact) mass is 1190 g/mol. The average molecular weight is 1190 g/mol. The number of rotatable bonds is 64. The van der Waals surface area contributed by atoms with Gasteiger partial charge in [-0.2, -0.15) is 0 Å². The van der Waals surface area contributed by atoms with E-state index in [4.69, 9.17) is 18.9 Å². The molecule has 0 saturated carbocycles. The lowest BCUT2D eigenvalue weighted by Gasteiger charge is -2.25. The number of ether oxygens (including phenoxy) is 4. The summed E-state index contributed by atoms with van der Waals surface area (Å²) in [7, 11) is 5.97. The highest BCUT2D eigenvalue weighted by Crippen LogP contribution is 2.17. The molecule has 0 aliphatic rings. The Kier molecular flexibility index (Phi) is 62.8. The molecule has 0 aromatic rings. The molecule has 0 radical (unpaired) electrons. The van der Waals surface area contributed by atoms with Gasteiger partial charge in [0, 0.05) is 12.8 Å². The molecule has 0 spiro atoms. The fourth-order valence-electron chi connectivity index (χ4n) is 9.67. The van der Waals surface area contributed by atoms with E-state index in [1.54, 1.807) is 0 Å². The fourth-order valence-corrected chi connectivity index (χ4v) is 9.67. The van der Waals surface area contributed by atoms with Gasteiger partial charge in [0.15, 0.2) is 6.10 Å². The van der Waals surface area contributed by atoms with Crippen LogP contribution in [0, 0.1) is 0 Å². The van der Waals surface area contributed by atoms with Gasteiger partial charge in [-0.15, -0.1) is 0 Å². The number of hydrogen-bond acceptors (Lipinski definition) is 7. The van der Waals surface area contributed by atoms with Gasteiger partial charge in [0.2, 0.25) is 0 Å². The van der Waals surface area contributed by atoms with Crippen LogP contribution in [0.25, 0.3) is 0 Å². The van der Waals surface area contributed by atoms with Crippen molar-refractivity contribution in [2.45, 2.75) is 309 Å². The highest BCUT2D eigenvalue weighted by atomic mass is 16.7. The lowest BCUT2D eigenvalue weighted by Crippen LogP contribution is -2.40. The Morgan fingerprint density at radius 3 is 1.00 bits per heavy atom. The van der Waals surface area contributed by atoms with Crippen molar-refractivity contribution in [3.8, 4) is 0 Å². The van der Waals surface area contributed by atoms with Gasteiger partial charge in [-0.1, -0.05) is 290 Å². The Balaban J connectivity index is 4.06. The van der Waals surface area contributed by atoms with Gasteiger partial charge < -0.3 is 28.5 Å². The maximum atomic E-state index is 12.9. The molecule has 0 aromatic carbocycles. The number of carbonyl (C=O) groups excluding carboxylic acids is 2. The summed E-state index contributed by atoms with van der Waals surface area (Å²) in [5.74, 6) is -2.01. The number of aliphatic carboxylic acids is 1. The first-order valence-corrected chi connectivity index (χ1v) is 35.1. The molecule has 0 fully saturated rings. The van der Waals surface area contributed by atoms with E-state index in [0.29, 0.717) is 11.0 Å². The van der Waals surface area contributed by atoms with Crippen molar-refractivity contribution >= 4 is 17.9 Å². The van der Waals surface area contributed by atoms with Crippen LogP contribution in [0.1, 0.15) is 296 Å². The van der Waals surface area contributed by atoms with Crippen LogP contribution in [0.4, 0.5) is 0 Å². The molecule has 0 aliphatic heterocycles. The number of carboxylic acid groups (broad SMARTS) is 1. The summed E-state index contributed by atoms with van der Waals surface area (Å²) >= 11 is 0. The molecule has 0 rings (SSSR count). The van der Waals surface area contributed by atoms with Gasteiger partial charge in [0.1, 0.15) is 13.2 Å². The zero-order valence-corrected chi connectivity index (χ0v) is 55.7. The Bertz CT molecular complexity index is 1760. The van der Waals surface area contributed by atoms with Gasteiger partial charge in [0.25, 0.3) is 6.29 Å². The number of likely N-dealkylation sites (N-methyl/N-ethyl adjacent to an activating group) is 1. The summed E-state index contributed by atoms with van der Waals surface area (Å²) in [5, 5.41) is 9.74. The smallest absolute Gasteiger partial charge is 0.361 e. The summed E-state index contributed by atoms with van der Waals surface area (Å²) in [5.41, 5.74) is 0. The predicted octanol–water partition coefficient (Wildman–Crippen LogP) is 21.8. The van der Waals surface area contributed by atoms with E-state index in [0.717, 1.165) is 103 Å². The summed E-state index contributed by atoms with van der Waals surface area (Å²) in [6.45, 7) is 4.76. The summed E-state index contributed by atoms with van der Waals surface area (Å²) in [6.07, 6.45) is 89.2. The number of unbranched alkanes of at least 4 members (excludes halogenated alkanes) is 31. The van der Waals surface area contributed by atoms with Crippen molar-refractivity contribution in [2.24, 2.45) is 0 Å². The van der Waals surface area contributed by atoms with E-state index >= 15 is 0 Å². The average Bonchev–Trinajstić information content (AvgIpc) is 3.49. The van der Waals surface area contributed by atoms with E-state index in [9.17, 15) is 19.5 Å². The van der Waals surface area contributed by atoms with Crippen molar-refractivity contribution in [1.29, 1.82) is 0 Å². The number of quaternary nitrogens is 1. The van der Waals surface area contributed by atoms with Crippen LogP contribution < -0.4 is 0 Å². The third-order valence-electron chi connectivity index (χ3n) is 15.0. The maximum Gasteiger partial charge on any atom is 0.361 e. The van der Waals surface area contributed by atoms with Gasteiger partial charge >= 0.3 is 17.9 Å². The molecule has 2 unspecified atom stereocenters. The maximum absolute atomic E-state index is 12.9. The topological polar surface area (TPSA) is 108 Å². The molecule has 0 aliphatic carbocycles. The molecule has 488 valence electrons. The summed E-state index contributed by atoms with van der Waals surface area (Å²) in [4.78, 5) is 37.6. The lowest BCUT2D eigenvalue weighted by atomic mass is 10.0. The SMILES string of the molecule is CC/C=C\C/C=C\C/C=C\C/C=C\C/C=C\C/C=C\CCCCCCCCCCCCCCCCCCCCCCC(=O)OC(COC(=O)CCCCCCCC/C=C\C/C=C\C/C=C\CCCCCCC)COC(OCC[N+](C)(C)C)C(=O)O. The molecular formula is C76H132NO8+. The molecule has 0 amide bonds. The molecule has 0 bridgehead atoms. The third-order valence-corrected chi connectivity index (χ3v) is 15.0. The quantitative estimate of drug-likeness (QED) is 0.0211. The van der Waals surface area contributed by atoms with Crippen molar-refractivity contribution < 1.29 is 42.9 Å². The van der Waals surface area contributed by atoms with Crippen LogP contribution in [-0.2, 0) is 33.3 Å². The minimum Gasteiger partial charge on any atom is -0.477 e. The van der Waals surface area contributed by atoms with Gasteiger partial charge in [-0.25, -0.2) is 4.79 Å². The minimum atomic E-state index is -1.52. The van der Waals surface area contributed by atoms with Gasteiger partial charge in [-0.05, 0) is 103 Å². The number of carbonyl (C=O) groups is 3. The van der Waals surface area contributed by atoms with Crippen molar-refractivity contribution in [2.75, 3.05) is 47.5 Å². The number of allylic oxidation sites excluding steroid dienone is 18. The van der Waals surface area contributed by atoms with Crippen LogP contribution in [0.5, 0.6) is 0 Å². The minimum absolute atomic E-state index is 0.183. The molecule has 9 nitrogen and oxygen atoms in total. The molecular weight excluding hydrogens is 1050 g/mol. The second-order valence-electron chi connectivity index (χ2n) is 24.5. The normalized spacial score (nSPS) is 13.4. The standard InChI is InChI=1S/C76H131NO8/c1-6-8-10-12-14-16-18-20-22-24-26-28-29-30-31-32-33-34-35-36-37-38-39-40-41-42-43-44-45-47-49-51-53-55-57-59-61-63-65-67-74(79)85-72(71-84-76(75(80)81)82-69-68-77(3,4)5)70-83-73(78)66-64-62-60-58-56-54-52-50-48-46-27-25-23-21-19-17-15-13-11-9-7-2/h8,10,14,16,19-22,25-28,30-31,33-34,48,50,72,76H,6-7,9,11-13,15,17-18,23-24,29,32,35-47,49,51-71H2,1-5H3/p+1/b10-8-,16-14-,21-19-,22-20-,27-25-,28-26-,31-30-,34-33-,50-48-. The molecule has 85 heavy (non-hydrogen) atoms. The van der Waals surface area contributed by atoms with E-state index in [-0.39, 0.29) is 38.6 Å². The molecule has 2 atom stereocenters. The van der Waals surface area contributed by atoms with Gasteiger partial charge in [-0.3, -0.25) is 9.59 Å². The molecule has 0 heterocycles. The second kappa shape index (κ2) is 65.9. The second-order valence-corrected chi connectivity index (χ2v) is 24.5. The highest BCUT2D eigenvalue weighted by molar-refractivity contribution is 5.71. The van der Waals surface area contributed by atoms with Crippen LogP contribution in [0.3, 0.4) is 0 Å². The van der Waals surface area contributed by atoms with Crippen LogP contribution >= 0.6 is 0 Å². The predicted molar refractivity (Wildman–Crippen MR) is 364 cm³/mol. The Hall–Kier alpha value is -4.05. The van der Waals surface area contributed by atoms with Crippen LogP contribution in [0.2, 0.25) is 0 Å². The largest absolute Gasteiger partial charge is 0.477 e. The zero-order valence-electron chi connectivity index (χ0n) is 55.7. The van der Waals surface area contributed by atoms with Crippen LogP contribution in [-0.4, -0.2) is 87.4 Å². The van der Waals surface area contributed by atoms with E-state index < -0.39 is 24.3 Å². The van der Waals surface area contributed by atoms with Crippen molar-refractivity contribution in [3.05, 3.63) is 109 Å². The van der Waals surface area contributed by atoms with Crippen molar-refractivity contribution in [1.82, 2.24) is 0 Å². The zero-order chi connectivity index (χ0) is 61.9. The third kappa shape index (κ3) is 67.3. The summed E-state index contributed by atoms with van der Waals surface area (Å²) in [6, 6.07) is 0. The number of nitrogens with zero attached hydrogens (tertiary/aromatic N) is 1. The first kappa shape index (κ1) is 81.0. The molecule has 0 saturated heterocycles. The van der Waals surface area contributed by atoms with Crippen molar-refractivity contribution in [3.63, 3.8) is 0 Å². The number of esters is 2. The first-order chi connectivity index (χ1) is 41.6.